The molecule has 5 heteroatoms. The fraction of sp³-hybridized carbons (Fsp3) is 0.227. The van der Waals surface area contributed by atoms with Crippen molar-refractivity contribution in [2.24, 2.45) is 0 Å². The van der Waals surface area contributed by atoms with E-state index in [9.17, 15) is 4.79 Å². The van der Waals surface area contributed by atoms with Crippen molar-refractivity contribution in [1.29, 1.82) is 0 Å². The maximum absolute atomic E-state index is 12.7. The van der Waals surface area contributed by atoms with Gasteiger partial charge in [-0.3, -0.25) is 4.79 Å². The monoisotopic (exact) mass is 362 g/mol. The van der Waals surface area contributed by atoms with Crippen LogP contribution < -0.4 is 14.8 Å². The quantitative estimate of drug-likeness (QED) is 0.678. The largest absolute Gasteiger partial charge is 0.454 e. The molecule has 138 valence electrons. The first kappa shape index (κ1) is 17.4. The molecular weight excluding hydrogens is 340 g/mol. The first-order valence-corrected chi connectivity index (χ1v) is 9.00. The molecule has 1 N–H and O–H groups in total. The van der Waals surface area contributed by atoms with E-state index < -0.39 is 0 Å². The van der Waals surface area contributed by atoms with Crippen molar-refractivity contribution in [3.8, 4) is 17.2 Å². The van der Waals surface area contributed by atoms with E-state index >= 15 is 0 Å². The Morgan fingerprint density at radius 3 is 2.63 bits per heavy atom. The van der Waals surface area contributed by atoms with E-state index in [0.717, 1.165) is 39.7 Å². The molecule has 0 atom stereocenters. The number of Topliss-reactive ketones (excluding diaryl/α,β-unsaturated/α-hetero) is 1. The van der Waals surface area contributed by atoms with Crippen molar-refractivity contribution in [2.45, 2.75) is 20.4 Å². The van der Waals surface area contributed by atoms with E-state index in [2.05, 4.69) is 9.88 Å². The van der Waals surface area contributed by atoms with Gasteiger partial charge in [-0.15, -0.1) is 0 Å². The number of benzene rings is 2. The normalized spacial score (nSPS) is 12.4. The third kappa shape index (κ3) is 3.46. The lowest BCUT2D eigenvalue weighted by Gasteiger charge is -2.10. The molecule has 0 radical (unpaired) electrons. The molecule has 0 unspecified atom stereocenters. The van der Waals surface area contributed by atoms with Crippen LogP contribution in [0.15, 0.2) is 54.6 Å². The van der Waals surface area contributed by atoms with Gasteiger partial charge in [0.25, 0.3) is 0 Å². The average molecular weight is 362 g/mol. The third-order valence-corrected chi connectivity index (χ3v) is 4.80. The third-order valence-electron chi connectivity index (χ3n) is 4.80. The van der Waals surface area contributed by atoms with E-state index in [1.54, 1.807) is 0 Å². The second-order valence-electron chi connectivity index (χ2n) is 6.67. The lowest BCUT2D eigenvalue weighted by atomic mass is 10.1. The summed E-state index contributed by atoms with van der Waals surface area (Å²) in [6.07, 6.45) is 0. The van der Waals surface area contributed by atoms with Crippen LogP contribution in [0.5, 0.6) is 11.5 Å². The van der Waals surface area contributed by atoms with Crippen molar-refractivity contribution in [3.63, 3.8) is 0 Å². The summed E-state index contributed by atoms with van der Waals surface area (Å²) in [4.78, 5) is 12.7. The summed E-state index contributed by atoms with van der Waals surface area (Å²) in [5.41, 5.74) is 4.91. The van der Waals surface area contributed by atoms with Crippen molar-refractivity contribution >= 4 is 5.78 Å². The number of ketones is 1. The van der Waals surface area contributed by atoms with Crippen LogP contribution in [0, 0.1) is 13.8 Å². The highest BCUT2D eigenvalue weighted by molar-refractivity contribution is 5.99. The van der Waals surface area contributed by atoms with Crippen molar-refractivity contribution in [3.05, 3.63) is 77.1 Å². The molecule has 1 aliphatic heterocycles. The fourth-order valence-electron chi connectivity index (χ4n) is 3.49. The van der Waals surface area contributed by atoms with Crippen LogP contribution in [-0.4, -0.2) is 23.7 Å². The van der Waals surface area contributed by atoms with Gasteiger partial charge in [0.1, 0.15) is 0 Å². The molecule has 0 spiro atoms. The summed E-state index contributed by atoms with van der Waals surface area (Å²) in [6, 6.07) is 17.9. The highest BCUT2D eigenvalue weighted by Crippen LogP contribution is 2.32. The molecule has 5 nitrogen and oxygen atoms in total. The molecule has 0 aliphatic carbocycles. The number of hydrogen-bond acceptors (Lipinski definition) is 4. The van der Waals surface area contributed by atoms with Gasteiger partial charge in [-0.1, -0.05) is 24.3 Å². The number of nitrogens with zero attached hydrogens (tertiary/aromatic N) is 1. The Morgan fingerprint density at radius 1 is 1.04 bits per heavy atom. The van der Waals surface area contributed by atoms with Gasteiger partial charge in [-0.25, -0.2) is 0 Å². The fourth-order valence-corrected chi connectivity index (χ4v) is 3.49. The second-order valence-corrected chi connectivity index (χ2v) is 6.67. The van der Waals surface area contributed by atoms with E-state index in [4.69, 9.17) is 9.47 Å². The molecule has 0 bridgehead atoms. The highest BCUT2D eigenvalue weighted by atomic mass is 16.7. The molecule has 2 aromatic carbocycles. The topological polar surface area (TPSA) is 52.5 Å². The molecule has 2 heterocycles. The number of hydrogen-bond donors (Lipinski definition) is 1. The molecule has 27 heavy (non-hydrogen) atoms. The zero-order chi connectivity index (χ0) is 18.8. The number of fused-ring (bicyclic) bond motifs is 1. The summed E-state index contributed by atoms with van der Waals surface area (Å²) in [7, 11) is 0. The maximum atomic E-state index is 12.7. The predicted octanol–water partition coefficient (Wildman–Crippen LogP) is 3.80. The molecule has 0 saturated carbocycles. The Kier molecular flexibility index (Phi) is 4.69. The van der Waals surface area contributed by atoms with E-state index in [1.807, 2.05) is 68.4 Å². The first-order chi connectivity index (χ1) is 13.1. The number of para-hydroxylation sites is 1. The summed E-state index contributed by atoms with van der Waals surface area (Å²) in [5, 5.41) is 3.23. The van der Waals surface area contributed by atoms with Crippen molar-refractivity contribution in [1.82, 2.24) is 9.88 Å². The number of nitrogens with one attached hydrogen (secondary N) is 1. The highest BCUT2D eigenvalue weighted by Gasteiger charge is 2.17. The summed E-state index contributed by atoms with van der Waals surface area (Å²) in [6.45, 7) is 5.16. The Hall–Kier alpha value is -3.05. The van der Waals surface area contributed by atoms with Gasteiger partial charge >= 0.3 is 0 Å². The lowest BCUT2D eigenvalue weighted by molar-refractivity contribution is 0.0990. The minimum absolute atomic E-state index is 0.0889. The Morgan fingerprint density at radius 2 is 1.81 bits per heavy atom. The smallest absolute Gasteiger partial charge is 0.231 e. The number of ether oxygens (including phenoxy) is 2. The van der Waals surface area contributed by atoms with Crippen LogP contribution in [0.1, 0.15) is 27.3 Å². The van der Waals surface area contributed by atoms with Crippen LogP contribution in [0.25, 0.3) is 5.69 Å². The Bertz CT molecular complexity index is 977. The van der Waals surface area contributed by atoms with Crippen LogP contribution in [0.4, 0.5) is 0 Å². The van der Waals surface area contributed by atoms with Gasteiger partial charge in [0, 0.05) is 29.2 Å². The molecule has 0 amide bonds. The molecule has 0 saturated heterocycles. The maximum Gasteiger partial charge on any atom is 0.231 e. The van der Waals surface area contributed by atoms with Gasteiger partial charge in [-0.2, -0.15) is 0 Å². The molecular formula is C22H22N2O3. The van der Waals surface area contributed by atoms with Gasteiger partial charge < -0.3 is 19.4 Å². The van der Waals surface area contributed by atoms with Gasteiger partial charge in [-0.05, 0) is 49.7 Å². The van der Waals surface area contributed by atoms with Crippen LogP contribution in [0.2, 0.25) is 0 Å². The minimum Gasteiger partial charge on any atom is -0.454 e. The minimum atomic E-state index is 0.0889. The number of carbonyl (C=O) groups is 1. The molecule has 1 aliphatic rings. The van der Waals surface area contributed by atoms with Crippen LogP contribution in [-0.2, 0) is 6.54 Å². The van der Waals surface area contributed by atoms with Gasteiger partial charge in [0.15, 0.2) is 17.3 Å². The molecule has 4 rings (SSSR count). The number of aryl methyl sites for hydroxylation is 1. The van der Waals surface area contributed by atoms with Crippen LogP contribution >= 0.6 is 0 Å². The summed E-state index contributed by atoms with van der Waals surface area (Å²) >= 11 is 0. The Labute approximate surface area is 158 Å². The SMILES string of the molecule is Cc1cc(C(=O)CNCc2ccc3c(c2)OCO3)c(C)n1-c1ccccc1. The first-order valence-electron chi connectivity index (χ1n) is 9.00. The van der Waals surface area contributed by atoms with E-state index in [1.165, 1.54) is 0 Å². The number of carbonyl (C=O) groups excluding carboxylic acids is 1. The molecule has 0 fully saturated rings. The standard InChI is InChI=1S/C22H22N2O3/c1-15-10-19(16(2)24(15)18-6-4-3-5-7-18)20(25)13-23-12-17-8-9-21-22(11-17)27-14-26-21/h3-11,23H,12-14H2,1-2H3. The summed E-state index contributed by atoms with van der Waals surface area (Å²) in [5.74, 6) is 1.61. The predicted molar refractivity (Wildman–Crippen MR) is 104 cm³/mol. The average Bonchev–Trinajstić information content (AvgIpc) is 3.26. The van der Waals surface area contributed by atoms with Gasteiger partial charge in [0.05, 0.1) is 6.54 Å². The number of aromatic nitrogens is 1. The number of rotatable bonds is 6. The molecule has 3 aromatic rings. The Balaban J connectivity index is 1.43. The van der Waals surface area contributed by atoms with Crippen molar-refractivity contribution < 1.29 is 14.3 Å². The zero-order valence-corrected chi connectivity index (χ0v) is 15.5. The van der Waals surface area contributed by atoms with Crippen molar-refractivity contribution in [2.75, 3.05) is 13.3 Å². The lowest BCUT2D eigenvalue weighted by Crippen LogP contribution is -2.23. The summed E-state index contributed by atoms with van der Waals surface area (Å²) < 4.78 is 12.8. The van der Waals surface area contributed by atoms with Crippen LogP contribution in [0.3, 0.4) is 0 Å². The van der Waals surface area contributed by atoms with E-state index in [-0.39, 0.29) is 19.1 Å². The van der Waals surface area contributed by atoms with E-state index in [0.29, 0.717) is 6.54 Å². The second kappa shape index (κ2) is 7.29. The molecule has 1 aromatic heterocycles. The zero-order valence-electron chi connectivity index (χ0n) is 15.5. The van der Waals surface area contributed by atoms with Gasteiger partial charge in [0.2, 0.25) is 6.79 Å².